The van der Waals surface area contributed by atoms with Gasteiger partial charge >= 0.3 is 0 Å². The van der Waals surface area contributed by atoms with E-state index < -0.39 is 6.04 Å². The Labute approximate surface area is 155 Å². The number of nitrogens with one attached hydrogen (secondary N) is 2. The molecule has 0 bridgehead atoms. The summed E-state index contributed by atoms with van der Waals surface area (Å²) in [6, 6.07) is 5.66. The van der Waals surface area contributed by atoms with Crippen molar-refractivity contribution in [3.05, 3.63) is 51.7 Å². The van der Waals surface area contributed by atoms with Crippen LogP contribution < -0.4 is 10.6 Å². The van der Waals surface area contributed by atoms with Gasteiger partial charge in [0, 0.05) is 25.0 Å². The smallest absolute Gasteiger partial charge is 0.237 e. The molecule has 2 aromatic rings. The average molecular weight is 376 g/mol. The van der Waals surface area contributed by atoms with Gasteiger partial charge in [-0.15, -0.1) is 11.3 Å². The van der Waals surface area contributed by atoms with Crippen LogP contribution in [-0.4, -0.2) is 40.8 Å². The van der Waals surface area contributed by atoms with Crippen molar-refractivity contribution in [2.75, 3.05) is 13.1 Å². The van der Waals surface area contributed by atoms with Crippen LogP contribution >= 0.6 is 11.3 Å². The second-order valence-electron chi connectivity index (χ2n) is 6.24. The van der Waals surface area contributed by atoms with E-state index in [1.54, 1.807) is 12.1 Å². The third-order valence-electron chi connectivity index (χ3n) is 4.25. The van der Waals surface area contributed by atoms with Crippen LogP contribution in [0.15, 0.2) is 29.6 Å². The molecule has 0 radical (unpaired) electrons. The number of benzene rings is 1. The fourth-order valence-electron chi connectivity index (χ4n) is 2.92. The Bertz CT molecular complexity index is 778. The van der Waals surface area contributed by atoms with Crippen molar-refractivity contribution in [1.82, 2.24) is 20.5 Å². The molecule has 8 heteroatoms. The first kappa shape index (κ1) is 18.5. The number of hydrogen-bond donors (Lipinski definition) is 2. The zero-order valence-corrected chi connectivity index (χ0v) is 15.3. The van der Waals surface area contributed by atoms with Crippen molar-refractivity contribution < 1.29 is 14.0 Å². The number of aromatic nitrogens is 1. The predicted octanol–water partition coefficient (Wildman–Crippen LogP) is 1.60. The molecular weight excluding hydrogens is 355 g/mol. The monoisotopic (exact) mass is 376 g/mol. The molecule has 0 saturated carbocycles. The van der Waals surface area contributed by atoms with Gasteiger partial charge in [0.25, 0.3) is 0 Å². The van der Waals surface area contributed by atoms with Crippen molar-refractivity contribution in [3.8, 4) is 0 Å². The van der Waals surface area contributed by atoms with E-state index in [0.717, 1.165) is 16.3 Å². The Morgan fingerprint density at radius 2 is 2.19 bits per heavy atom. The molecule has 1 fully saturated rings. The molecule has 6 nitrogen and oxygen atoms in total. The highest BCUT2D eigenvalue weighted by Gasteiger charge is 2.31. The van der Waals surface area contributed by atoms with Gasteiger partial charge in [-0.3, -0.25) is 14.5 Å². The molecule has 1 aromatic heterocycles. The summed E-state index contributed by atoms with van der Waals surface area (Å²) in [5, 5.41) is 8.49. The van der Waals surface area contributed by atoms with E-state index in [0.29, 0.717) is 26.2 Å². The van der Waals surface area contributed by atoms with Crippen molar-refractivity contribution >= 4 is 23.2 Å². The second-order valence-corrected chi connectivity index (χ2v) is 7.30. The first-order valence-corrected chi connectivity index (χ1v) is 9.33. The first-order valence-electron chi connectivity index (χ1n) is 8.45. The van der Waals surface area contributed by atoms with E-state index in [9.17, 15) is 14.0 Å². The summed E-state index contributed by atoms with van der Waals surface area (Å²) in [5.41, 5.74) is 1.72. The number of aryl methyl sites for hydroxylation is 1. The summed E-state index contributed by atoms with van der Waals surface area (Å²) >= 11 is 1.53. The van der Waals surface area contributed by atoms with E-state index in [1.165, 1.54) is 23.5 Å². The van der Waals surface area contributed by atoms with Gasteiger partial charge in [-0.2, -0.15) is 0 Å². The van der Waals surface area contributed by atoms with Crippen LogP contribution in [-0.2, 0) is 22.7 Å². The van der Waals surface area contributed by atoms with Crippen LogP contribution in [0.3, 0.4) is 0 Å². The van der Waals surface area contributed by atoms with Crippen molar-refractivity contribution in [2.24, 2.45) is 0 Å². The summed E-state index contributed by atoms with van der Waals surface area (Å²) in [5.74, 6) is -0.641. The van der Waals surface area contributed by atoms with Crippen LogP contribution in [0.2, 0.25) is 0 Å². The largest absolute Gasteiger partial charge is 0.353 e. The van der Waals surface area contributed by atoms with Crippen LogP contribution in [0.1, 0.15) is 22.7 Å². The molecule has 1 aromatic carbocycles. The van der Waals surface area contributed by atoms with Gasteiger partial charge in [-0.1, -0.05) is 12.1 Å². The molecule has 26 heavy (non-hydrogen) atoms. The van der Waals surface area contributed by atoms with E-state index in [2.05, 4.69) is 15.6 Å². The maximum Gasteiger partial charge on any atom is 0.237 e. The molecule has 3 rings (SSSR count). The summed E-state index contributed by atoms with van der Waals surface area (Å²) in [6.45, 7) is 3.95. The highest BCUT2D eigenvalue weighted by atomic mass is 32.1. The fourth-order valence-corrected chi connectivity index (χ4v) is 3.54. The highest BCUT2D eigenvalue weighted by molar-refractivity contribution is 7.09. The number of piperazine rings is 1. The number of halogens is 1. The molecule has 1 aliphatic rings. The summed E-state index contributed by atoms with van der Waals surface area (Å²) in [6.07, 6.45) is 0.0795. The summed E-state index contributed by atoms with van der Waals surface area (Å²) in [4.78, 5) is 30.8. The molecular formula is C18H21FN4O2S. The summed E-state index contributed by atoms with van der Waals surface area (Å²) < 4.78 is 13.1. The van der Waals surface area contributed by atoms with E-state index in [1.807, 2.05) is 17.2 Å². The van der Waals surface area contributed by atoms with E-state index in [-0.39, 0.29) is 24.1 Å². The minimum atomic E-state index is -0.536. The standard InChI is InChI=1S/C18H21FN4O2S/c1-12-22-15(11-26-12)9-21-17(24)8-16-18(25)20-6-7-23(16)10-13-2-4-14(19)5-3-13/h2-5,11,16H,6-10H2,1H3,(H,20,25)(H,21,24)/t16-/m0/s1. The van der Waals surface area contributed by atoms with Gasteiger partial charge < -0.3 is 10.6 Å². The average Bonchev–Trinajstić information content (AvgIpc) is 3.03. The van der Waals surface area contributed by atoms with Crippen molar-refractivity contribution in [1.29, 1.82) is 0 Å². The minimum absolute atomic E-state index is 0.0795. The van der Waals surface area contributed by atoms with Crippen molar-refractivity contribution in [2.45, 2.75) is 32.5 Å². The molecule has 2 N–H and O–H groups in total. The number of rotatable bonds is 6. The normalized spacial score (nSPS) is 17.8. The van der Waals surface area contributed by atoms with E-state index in [4.69, 9.17) is 0 Å². The molecule has 0 aliphatic carbocycles. The number of thiazole rings is 1. The maximum atomic E-state index is 13.1. The Morgan fingerprint density at radius 1 is 1.42 bits per heavy atom. The Balaban J connectivity index is 1.59. The molecule has 1 atom stereocenters. The number of carbonyl (C=O) groups excluding carboxylic acids is 2. The molecule has 0 spiro atoms. The predicted molar refractivity (Wildman–Crippen MR) is 96.9 cm³/mol. The third kappa shape index (κ3) is 4.86. The lowest BCUT2D eigenvalue weighted by molar-refractivity contribution is -0.134. The Morgan fingerprint density at radius 3 is 2.88 bits per heavy atom. The number of hydrogen-bond acceptors (Lipinski definition) is 5. The molecule has 0 unspecified atom stereocenters. The van der Waals surface area contributed by atoms with E-state index >= 15 is 0 Å². The fraction of sp³-hybridized carbons (Fsp3) is 0.389. The van der Waals surface area contributed by atoms with Crippen molar-refractivity contribution in [3.63, 3.8) is 0 Å². The van der Waals surface area contributed by atoms with Crippen LogP contribution in [0.25, 0.3) is 0 Å². The summed E-state index contributed by atoms with van der Waals surface area (Å²) in [7, 11) is 0. The van der Waals surface area contributed by atoms with Gasteiger partial charge in [-0.05, 0) is 24.6 Å². The SMILES string of the molecule is Cc1nc(CNC(=O)C[C@H]2C(=O)NCCN2Cc2ccc(F)cc2)cs1. The lowest BCUT2D eigenvalue weighted by atomic mass is 10.1. The molecule has 1 saturated heterocycles. The van der Waals surface area contributed by atoms with Crippen LogP contribution in [0.4, 0.5) is 4.39 Å². The minimum Gasteiger partial charge on any atom is -0.353 e. The van der Waals surface area contributed by atoms with Crippen LogP contribution in [0, 0.1) is 12.7 Å². The second kappa shape index (κ2) is 8.37. The molecule has 1 aliphatic heterocycles. The molecule has 2 heterocycles. The zero-order chi connectivity index (χ0) is 18.5. The van der Waals surface area contributed by atoms with Gasteiger partial charge in [-0.25, -0.2) is 9.37 Å². The van der Waals surface area contributed by atoms with Gasteiger partial charge in [0.2, 0.25) is 11.8 Å². The maximum absolute atomic E-state index is 13.1. The third-order valence-corrected chi connectivity index (χ3v) is 5.07. The van der Waals surface area contributed by atoms with Gasteiger partial charge in [0.15, 0.2) is 0 Å². The highest BCUT2D eigenvalue weighted by Crippen LogP contribution is 2.15. The Kier molecular flexibility index (Phi) is 5.95. The number of carbonyl (C=O) groups is 2. The lowest BCUT2D eigenvalue weighted by Gasteiger charge is -2.34. The quantitative estimate of drug-likeness (QED) is 0.803. The van der Waals surface area contributed by atoms with Gasteiger partial charge in [0.05, 0.1) is 29.7 Å². The number of nitrogens with zero attached hydrogens (tertiary/aromatic N) is 2. The topological polar surface area (TPSA) is 74.3 Å². The molecule has 138 valence electrons. The van der Waals surface area contributed by atoms with Crippen LogP contribution in [0.5, 0.6) is 0 Å². The first-order chi connectivity index (χ1) is 12.5. The molecule has 2 amide bonds. The Hall–Kier alpha value is -2.32. The van der Waals surface area contributed by atoms with Gasteiger partial charge in [0.1, 0.15) is 5.82 Å². The number of amides is 2. The lowest BCUT2D eigenvalue weighted by Crippen LogP contribution is -2.56. The zero-order valence-electron chi connectivity index (χ0n) is 14.5.